The SMILES string of the molecule is O=C(O)COc1ccc(S(=O)(=O)N2CCCc3c(F)cc(F)cc32)cc1. The Morgan fingerprint density at radius 3 is 2.54 bits per heavy atom. The fraction of sp³-hybridized carbons (Fsp3) is 0.235. The van der Waals surface area contributed by atoms with Gasteiger partial charge in [0.2, 0.25) is 0 Å². The number of fused-ring (bicyclic) bond motifs is 1. The van der Waals surface area contributed by atoms with Crippen LogP contribution < -0.4 is 9.04 Å². The monoisotopic (exact) mass is 383 g/mol. The van der Waals surface area contributed by atoms with Crippen LogP contribution in [-0.4, -0.2) is 32.6 Å². The van der Waals surface area contributed by atoms with Crippen molar-refractivity contribution in [3.8, 4) is 5.75 Å². The van der Waals surface area contributed by atoms with E-state index in [1.54, 1.807) is 0 Å². The number of sulfonamides is 1. The molecule has 2 aromatic carbocycles. The molecular formula is C17H15F2NO5S. The second kappa shape index (κ2) is 6.91. The van der Waals surface area contributed by atoms with E-state index in [2.05, 4.69) is 0 Å². The third-order valence-corrected chi connectivity index (χ3v) is 5.79. The number of benzene rings is 2. The summed E-state index contributed by atoms with van der Waals surface area (Å²) in [4.78, 5) is 10.4. The van der Waals surface area contributed by atoms with E-state index in [9.17, 15) is 22.0 Å². The van der Waals surface area contributed by atoms with Crippen LogP contribution in [0.5, 0.6) is 5.75 Å². The first-order valence-electron chi connectivity index (χ1n) is 7.74. The fourth-order valence-corrected chi connectivity index (χ4v) is 4.34. The maximum atomic E-state index is 14.0. The number of ether oxygens (including phenoxy) is 1. The van der Waals surface area contributed by atoms with Crippen LogP contribution in [0.4, 0.5) is 14.5 Å². The molecule has 1 aliphatic heterocycles. The second-order valence-corrected chi connectivity index (χ2v) is 7.58. The summed E-state index contributed by atoms with van der Waals surface area (Å²) >= 11 is 0. The largest absolute Gasteiger partial charge is 0.482 e. The van der Waals surface area contributed by atoms with Gasteiger partial charge >= 0.3 is 5.97 Å². The summed E-state index contributed by atoms with van der Waals surface area (Å²) in [6.45, 7) is -0.445. The number of hydrogen-bond acceptors (Lipinski definition) is 4. The van der Waals surface area contributed by atoms with Gasteiger partial charge in [0.1, 0.15) is 17.4 Å². The molecule has 0 saturated carbocycles. The second-order valence-electron chi connectivity index (χ2n) is 5.72. The number of rotatable bonds is 5. The zero-order valence-electron chi connectivity index (χ0n) is 13.5. The van der Waals surface area contributed by atoms with Crippen molar-refractivity contribution in [2.45, 2.75) is 17.7 Å². The zero-order chi connectivity index (χ0) is 18.9. The molecule has 1 N–H and O–H groups in total. The highest BCUT2D eigenvalue weighted by Crippen LogP contribution is 2.34. The molecule has 138 valence electrons. The summed E-state index contributed by atoms with van der Waals surface area (Å²) in [5.41, 5.74) is 0.169. The minimum absolute atomic E-state index is 0.0000428. The molecular weight excluding hydrogens is 368 g/mol. The Hall–Kier alpha value is -2.68. The third-order valence-electron chi connectivity index (χ3n) is 3.97. The zero-order valence-corrected chi connectivity index (χ0v) is 14.3. The average molecular weight is 383 g/mol. The molecule has 0 aliphatic carbocycles. The first-order valence-corrected chi connectivity index (χ1v) is 9.18. The molecule has 1 heterocycles. The summed E-state index contributed by atoms with van der Waals surface area (Å²) in [6.07, 6.45) is 0.740. The van der Waals surface area contributed by atoms with Gasteiger partial charge < -0.3 is 9.84 Å². The predicted molar refractivity (Wildman–Crippen MR) is 88.8 cm³/mol. The van der Waals surface area contributed by atoms with Crippen molar-refractivity contribution in [1.29, 1.82) is 0 Å². The van der Waals surface area contributed by atoms with Gasteiger partial charge in [-0.15, -0.1) is 0 Å². The molecule has 0 amide bonds. The van der Waals surface area contributed by atoms with Crippen LogP contribution in [0, 0.1) is 11.6 Å². The van der Waals surface area contributed by atoms with Crippen LogP contribution in [0.15, 0.2) is 41.3 Å². The molecule has 0 bridgehead atoms. The Labute approximate surface area is 148 Å². The van der Waals surface area contributed by atoms with Crippen molar-refractivity contribution in [2.24, 2.45) is 0 Å². The van der Waals surface area contributed by atoms with E-state index in [1.807, 2.05) is 0 Å². The Morgan fingerprint density at radius 1 is 1.19 bits per heavy atom. The summed E-state index contributed by atoms with van der Waals surface area (Å²) in [7, 11) is -4.03. The van der Waals surface area contributed by atoms with Crippen LogP contribution in [-0.2, 0) is 21.2 Å². The van der Waals surface area contributed by atoms with Crippen molar-refractivity contribution in [1.82, 2.24) is 0 Å². The molecule has 0 aromatic heterocycles. The molecule has 26 heavy (non-hydrogen) atoms. The van der Waals surface area contributed by atoms with Crippen molar-refractivity contribution >= 4 is 21.7 Å². The van der Waals surface area contributed by atoms with Gasteiger partial charge in [0.05, 0.1) is 10.6 Å². The minimum atomic E-state index is -4.03. The number of carboxylic acids is 1. The molecule has 0 fully saturated rings. The molecule has 0 saturated heterocycles. The third kappa shape index (κ3) is 3.48. The van der Waals surface area contributed by atoms with E-state index in [0.29, 0.717) is 12.8 Å². The summed E-state index contributed by atoms with van der Waals surface area (Å²) < 4.78 is 59.3. The molecule has 0 radical (unpaired) electrons. The Kier molecular flexibility index (Phi) is 4.82. The molecule has 0 unspecified atom stereocenters. The molecule has 6 nitrogen and oxygen atoms in total. The minimum Gasteiger partial charge on any atom is -0.482 e. The first-order chi connectivity index (χ1) is 12.3. The molecule has 0 atom stereocenters. The lowest BCUT2D eigenvalue weighted by Crippen LogP contribution is -2.36. The van der Waals surface area contributed by atoms with Crippen molar-refractivity contribution in [3.05, 3.63) is 53.6 Å². The van der Waals surface area contributed by atoms with E-state index < -0.39 is 34.2 Å². The highest BCUT2D eigenvalue weighted by Gasteiger charge is 2.31. The number of hydrogen-bond donors (Lipinski definition) is 1. The normalized spacial score (nSPS) is 14.0. The van der Waals surface area contributed by atoms with E-state index >= 15 is 0 Å². The molecule has 0 spiro atoms. The lowest BCUT2D eigenvalue weighted by Gasteiger charge is -2.30. The van der Waals surface area contributed by atoms with Gasteiger partial charge in [0, 0.05) is 18.2 Å². The number of nitrogens with zero attached hydrogens (tertiary/aromatic N) is 1. The molecule has 9 heteroatoms. The molecule has 2 aromatic rings. The Bertz CT molecular complexity index is 944. The quantitative estimate of drug-likeness (QED) is 0.858. The summed E-state index contributed by atoms with van der Waals surface area (Å²) in [6, 6.07) is 6.93. The number of carbonyl (C=O) groups is 1. The lowest BCUT2D eigenvalue weighted by atomic mass is 10.0. The van der Waals surface area contributed by atoms with Crippen LogP contribution in [0.25, 0.3) is 0 Å². The Balaban J connectivity index is 1.94. The van der Waals surface area contributed by atoms with Crippen LogP contribution in [0.3, 0.4) is 0 Å². The van der Waals surface area contributed by atoms with Gasteiger partial charge in [-0.1, -0.05) is 0 Å². The maximum Gasteiger partial charge on any atom is 0.341 e. The predicted octanol–water partition coefficient (Wildman–Crippen LogP) is 2.57. The van der Waals surface area contributed by atoms with Gasteiger partial charge in [-0.3, -0.25) is 4.31 Å². The standard InChI is InChI=1S/C17H15F2NO5S/c18-11-8-15(19)14-2-1-7-20(16(14)9-11)26(23,24)13-5-3-12(4-6-13)25-10-17(21)22/h3-6,8-9H,1-2,7,10H2,(H,21,22). The van der Waals surface area contributed by atoms with Gasteiger partial charge in [-0.25, -0.2) is 22.0 Å². The van der Waals surface area contributed by atoms with Gasteiger partial charge in [0.25, 0.3) is 10.0 Å². The first kappa shape index (κ1) is 18.1. The van der Waals surface area contributed by atoms with Crippen molar-refractivity contribution in [3.63, 3.8) is 0 Å². The molecule has 3 rings (SSSR count). The van der Waals surface area contributed by atoms with E-state index in [1.165, 1.54) is 24.3 Å². The van der Waals surface area contributed by atoms with E-state index in [4.69, 9.17) is 9.84 Å². The topological polar surface area (TPSA) is 83.9 Å². The lowest BCUT2D eigenvalue weighted by molar-refractivity contribution is -0.139. The highest BCUT2D eigenvalue weighted by molar-refractivity contribution is 7.92. The highest BCUT2D eigenvalue weighted by atomic mass is 32.2. The van der Waals surface area contributed by atoms with Gasteiger partial charge in [0.15, 0.2) is 6.61 Å². The van der Waals surface area contributed by atoms with Crippen molar-refractivity contribution in [2.75, 3.05) is 17.5 Å². The molecule has 1 aliphatic rings. The number of anilines is 1. The summed E-state index contributed by atoms with van der Waals surface area (Å²) in [5.74, 6) is -2.57. The number of aliphatic carboxylic acids is 1. The van der Waals surface area contributed by atoms with Gasteiger partial charge in [-0.2, -0.15) is 0 Å². The van der Waals surface area contributed by atoms with E-state index in [-0.39, 0.29) is 28.4 Å². The fourth-order valence-electron chi connectivity index (χ4n) is 2.81. The van der Waals surface area contributed by atoms with E-state index in [0.717, 1.165) is 16.4 Å². The van der Waals surface area contributed by atoms with Crippen molar-refractivity contribution < 1.29 is 31.8 Å². The van der Waals surface area contributed by atoms with Gasteiger partial charge in [-0.05, 0) is 43.2 Å². The number of halogens is 2. The Morgan fingerprint density at radius 2 is 1.88 bits per heavy atom. The summed E-state index contributed by atoms with van der Waals surface area (Å²) in [5, 5.41) is 8.58. The van der Waals surface area contributed by atoms with Crippen LogP contribution >= 0.6 is 0 Å². The number of carboxylic acid groups (broad SMARTS) is 1. The smallest absolute Gasteiger partial charge is 0.341 e. The average Bonchev–Trinajstić information content (AvgIpc) is 2.59. The van der Waals surface area contributed by atoms with Crippen LogP contribution in [0.2, 0.25) is 0 Å². The maximum absolute atomic E-state index is 14.0. The van der Waals surface area contributed by atoms with Crippen LogP contribution in [0.1, 0.15) is 12.0 Å².